The van der Waals surface area contributed by atoms with Crippen LogP contribution in [0.5, 0.6) is 0 Å². The third kappa shape index (κ3) is 1.67. The van der Waals surface area contributed by atoms with Gasteiger partial charge in [0.25, 0.3) is 5.56 Å². The maximum absolute atomic E-state index is 11.1. The molecule has 1 aromatic rings. The van der Waals surface area contributed by atoms with Gasteiger partial charge in [0, 0.05) is 6.04 Å². The van der Waals surface area contributed by atoms with Crippen LogP contribution in [0.3, 0.4) is 0 Å². The molecule has 0 bridgehead atoms. The standard InChI is InChI=1S/C8H8N4O/c9-3-5-4-10-8(12-7(5)13)11-6-1-2-6/h4,6H,1-2H2,(H2,10,11,12,13). The van der Waals surface area contributed by atoms with Crippen molar-refractivity contribution in [1.29, 1.82) is 5.26 Å². The number of anilines is 1. The summed E-state index contributed by atoms with van der Waals surface area (Å²) in [7, 11) is 0. The Morgan fingerprint density at radius 2 is 2.46 bits per heavy atom. The minimum Gasteiger partial charge on any atom is -0.353 e. The molecule has 1 aromatic heterocycles. The van der Waals surface area contributed by atoms with Crippen molar-refractivity contribution < 1.29 is 0 Å². The minimum absolute atomic E-state index is 0.0429. The Kier molecular flexibility index (Phi) is 1.74. The highest BCUT2D eigenvalue weighted by Gasteiger charge is 2.21. The van der Waals surface area contributed by atoms with Gasteiger partial charge in [-0.2, -0.15) is 5.26 Å². The van der Waals surface area contributed by atoms with Crippen molar-refractivity contribution in [3.63, 3.8) is 0 Å². The van der Waals surface area contributed by atoms with Gasteiger partial charge in [-0.3, -0.25) is 9.78 Å². The van der Waals surface area contributed by atoms with Crippen LogP contribution in [0.25, 0.3) is 0 Å². The SMILES string of the molecule is N#Cc1cnc(NC2CC2)[nH]c1=O. The molecule has 0 saturated heterocycles. The van der Waals surface area contributed by atoms with Crippen LogP contribution in [-0.4, -0.2) is 16.0 Å². The second kappa shape index (κ2) is 2.90. The summed E-state index contributed by atoms with van der Waals surface area (Å²) < 4.78 is 0. The van der Waals surface area contributed by atoms with Gasteiger partial charge in [0.05, 0.1) is 6.20 Å². The molecule has 1 aliphatic rings. The molecule has 13 heavy (non-hydrogen) atoms. The lowest BCUT2D eigenvalue weighted by atomic mass is 10.4. The predicted octanol–water partition coefficient (Wildman–Crippen LogP) is 0.216. The normalized spacial score (nSPS) is 15.0. The second-order valence-corrected chi connectivity index (χ2v) is 3.01. The number of aromatic nitrogens is 2. The monoisotopic (exact) mass is 176 g/mol. The number of nitrogens with one attached hydrogen (secondary N) is 2. The summed E-state index contributed by atoms with van der Waals surface area (Å²) in [6, 6.07) is 2.20. The Balaban J connectivity index is 2.25. The zero-order valence-corrected chi connectivity index (χ0v) is 6.87. The molecule has 0 aliphatic heterocycles. The summed E-state index contributed by atoms with van der Waals surface area (Å²) in [6.45, 7) is 0. The van der Waals surface area contributed by atoms with E-state index in [-0.39, 0.29) is 11.1 Å². The van der Waals surface area contributed by atoms with Crippen molar-refractivity contribution in [1.82, 2.24) is 9.97 Å². The highest BCUT2D eigenvalue weighted by molar-refractivity contribution is 5.32. The average Bonchev–Trinajstić information content (AvgIpc) is 2.89. The molecule has 1 saturated carbocycles. The Hall–Kier alpha value is -1.83. The van der Waals surface area contributed by atoms with E-state index in [4.69, 9.17) is 5.26 Å². The molecular formula is C8H8N4O. The molecular weight excluding hydrogens is 168 g/mol. The van der Waals surface area contributed by atoms with Crippen molar-refractivity contribution in [3.05, 3.63) is 22.1 Å². The van der Waals surface area contributed by atoms with Crippen molar-refractivity contribution >= 4 is 5.95 Å². The third-order valence-electron chi connectivity index (χ3n) is 1.84. The van der Waals surface area contributed by atoms with Gasteiger partial charge in [-0.25, -0.2) is 4.98 Å². The van der Waals surface area contributed by atoms with E-state index < -0.39 is 0 Å². The van der Waals surface area contributed by atoms with Crippen LogP contribution in [0, 0.1) is 11.3 Å². The van der Waals surface area contributed by atoms with Gasteiger partial charge in [0.2, 0.25) is 5.95 Å². The summed E-state index contributed by atoms with van der Waals surface area (Å²) in [5.41, 5.74) is -0.345. The zero-order valence-electron chi connectivity index (χ0n) is 6.87. The first-order valence-electron chi connectivity index (χ1n) is 4.05. The largest absolute Gasteiger partial charge is 0.353 e. The molecule has 0 aromatic carbocycles. The Morgan fingerprint density at radius 3 is 3.00 bits per heavy atom. The van der Waals surface area contributed by atoms with Crippen molar-refractivity contribution in [2.24, 2.45) is 0 Å². The fourth-order valence-corrected chi connectivity index (χ4v) is 0.969. The van der Waals surface area contributed by atoms with Crippen LogP contribution in [0.4, 0.5) is 5.95 Å². The molecule has 2 N–H and O–H groups in total. The van der Waals surface area contributed by atoms with Crippen molar-refractivity contribution in [3.8, 4) is 6.07 Å². The maximum atomic E-state index is 11.1. The maximum Gasteiger partial charge on any atom is 0.270 e. The lowest BCUT2D eigenvalue weighted by Gasteiger charge is -2.00. The topological polar surface area (TPSA) is 81.6 Å². The zero-order chi connectivity index (χ0) is 9.26. The number of H-pyrrole nitrogens is 1. The van der Waals surface area contributed by atoms with E-state index in [1.54, 1.807) is 6.07 Å². The van der Waals surface area contributed by atoms with E-state index in [2.05, 4.69) is 15.3 Å². The lowest BCUT2D eigenvalue weighted by Crippen LogP contribution is -2.15. The fourth-order valence-electron chi connectivity index (χ4n) is 0.969. The first-order valence-corrected chi connectivity index (χ1v) is 4.05. The molecule has 66 valence electrons. The van der Waals surface area contributed by atoms with Crippen LogP contribution >= 0.6 is 0 Å². The molecule has 1 heterocycles. The molecule has 0 amide bonds. The molecule has 0 unspecified atom stereocenters. The third-order valence-corrected chi connectivity index (χ3v) is 1.84. The second-order valence-electron chi connectivity index (χ2n) is 3.01. The first-order chi connectivity index (χ1) is 6.29. The Morgan fingerprint density at radius 1 is 1.69 bits per heavy atom. The predicted molar refractivity (Wildman–Crippen MR) is 46.2 cm³/mol. The van der Waals surface area contributed by atoms with Crippen LogP contribution in [0.2, 0.25) is 0 Å². The molecule has 0 radical (unpaired) electrons. The number of rotatable bonds is 2. The van der Waals surface area contributed by atoms with E-state index in [0.29, 0.717) is 12.0 Å². The minimum atomic E-state index is -0.388. The molecule has 2 rings (SSSR count). The fraction of sp³-hybridized carbons (Fsp3) is 0.375. The molecule has 5 heteroatoms. The van der Waals surface area contributed by atoms with Gasteiger partial charge in [-0.1, -0.05) is 0 Å². The van der Waals surface area contributed by atoms with Crippen LogP contribution in [0.1, 0.15) is 18.4 Å². The Labute approximate surface area is 74.4 Å². The van der Waals surface area contributed by atoms with Gasteiger partial charge in [-0.15, -0.1) is 0 Å². The van der Waals surface area contributed by atoms with Gasteiger partial charge in [0.1, 0.15) is 11.6 Å². The van der Waals surface area contributed by atoms with E-state index in [1.807, 2.05) is 0 Å². The first kappa shape index (κ1) is 7.80. The van der Waals surface area contributed by atoms with Crippen molar-refractivity contribution in [2.45, 2.75) is 18.9 Å². The average molecular weight is 176 g/mol. The van der Waals surface area contributed by atoms with E-state index >= 15 is 0 Å². The summed E-state index contributed by atoms with van der Waals surface area (Å²) in [5.74, 6) is 0.450. The number of aromatic amines is 1. The van der Waals surface area contributed by atoms with E-state index in [0.717, 1.165) is 12.8 Å². The smallest absolute Gasteiger partial charge is 0.270 e. The lowest BCUT2D eigenvalue weighted by molar-refractivity contribution is 1.03. The highest BCUT2D eigenvalue weighted by atomic mass is 16.1. The van der Waals surface area contributed by atoms with E-state index in [1.165, 1.54) is 6.20 Å². The summed E-state index contributed by atoms with van der Waals surface area (Å²) in [5, 5.41) is 11.5. The number of nitrogens with zero attached hydrogens (tertiary/aromatic N) is 2. The molecule has 0 atom stereocenters. The Bertz CT molecular complexity index is 413. The molecule has 1 aliphatic carbocycles. The number of hydrogen-bond donors (Lipinski definition) is 2. The van der Waals surface area contributed by atoms with Gasteiger partial charge < -0.3 is 5.32 Å². The molecule has 0 spiro atoms. The van der Waals surface area contributed by atoms with Gasteiger partial charge in [0.15, 0.2) is 0 Å². The van der Waals surface area contributed by atoms with E-state index in [9.17, 15) is 4.79 Å². The van der Waals surface area contributed by atoms with Gasteiger partial charge in [-0.05, 0) is 12.8 Å². The number of nitriles is 1. The number of hydrogen-bond acceptors (Lipinski definition) is 4. The van der Waals surface area contributed by atoms with Crippen LogP contribution in [0.15, 0.2) is 11.0 Å². The van der Waals surface area contributed by atoms with Crippen molar-refractivity contribution in [2.75, 3.05) is 5.32 Å². The highest BCUT2D eigenvalue weighted by Crippen LogP contribution is 2.22. The van der Waals surface area contributed by atoms with Crippen LogP contribution < -0.4 is 10.9 Å². The molecule has 5 nitrogen and oxygen atoms in total. The molecule has 1 fully saturated rings. The summed E-state index contributed by atoms with van der Waals surface area (Å²) in [4.78, 5) is 17.5. The summed E-state index contributed by atoms with van der Waals surface area (Å²) in [6.07, 6.45) is 3.51. The van der Waals surface area contributed by atoms with Gasteiger partial charge >= 0.3 is 0 Å². The summed E-state index contributed by atoms with van der Waals surface area (Å²) >= 11 is 0. The quantitative estimate of drug-likeness (QED) is 0.675. The van der Waals surface area contributed by atoms with Crippen LogP contribution in [-0.2, 0) is 0 Å².